The fourth-order valence-corrected chi connectivity index (χ4v) is 5.71. The number of hydrogen-bond acceptors (Lipinski definition) is 3. The molecular weight excluding hydrogens is 314 g/mol. The Morgan fingerprint density at radius 3 is 2.36 bits per heavy atom. The highest BCUT2D eigenvalue weighted by Crippen LogP contribution is 2.60. The third-order valence-corrected chi connectivity index (χ3v) is 6.42. The number of anilines is 1. The topological polar surface area (TPSA) is 55.4 Å². The molecule has 0 saturated heterocycles. The first-order valence-electron chi connectivity index (χ1n) is 9.62. The number of ether oxygens (including phenoxy) is 1. The normalized spacial score (nSPS) is 32.4. The van der Waals surface area contributed by atoms with Crippen LogP contribution in [-0.2, 0) is 20.7 Å². The van der Waals surface area contributed by atoms with Gasteiger partial charge in [0.25, 0.3) is 5.91 Å². The Hall–Kier alpha value is -1.84. The van der Waals surface area contributed by atoms with Gasteiger partial charge >= 0.3 is 5.97 Å². The average Bonchev–Trinajstić information content (AvgIpc) is 2.58. The summed E-state index contributed by atoms with van der Waals surface area (Å²) in [7, 11) is 0. The fourth-order valence-electron chi connectivity index (χ4n) is 5.71. The number of hydrogen-bond donors (Lipinski definition) is 1. The van der Waals surface area contributed by atoms with Crippen LogP contribution in [0.15, 0.2) is 24.3 Å². The number of aryl methyl sites for hydroxylation is 1. The molecule has 0 heterocycles. The maximum atomic E-state index is 12.8. The Morgan fingerprint density at radius 1 is 1.12 bits per heavy atom. The van der Waals surface area contributed by atoms with Crippen LogP contribution in [0, 0.1) is 23.2 Å². The van der Waals surface area contributed by atoms with Crippen molar-refractivity contribution in [3.63, 3.8) is 0 Å². The second-order valence-electron chi connectivity index (χ2n) is 8.38. The van der Waals surface area contributed by atoms with Crippen LogP contribution in [0.5, 0.6) is 0 Å². The van der Waals surface area contributed by atoms with Gasteiger partial charge in [0.1, 0.15) is 0 Å². The molecule has 0 aliphatic heterocycles. The van der Waals surface area contributed by atoms with Gasteiger partial charge in [-0.05, 0) is 80.4 Å². The third-order valence-electron chi connectivity index (χ3n) is 6.42. The van der Waals surface area contributed by atoms with Crippen molar-refractivity contribution in [2.75, 3.05) is 11.9 Å². The number of nitrogens with one attached hydrogen (secondary N) is 1. The maximum absolute atomic E-state index is 12.8. The fraction of sp³-hybridized carbons (Fsp3) is 0.619. The molecule has 4 nitrogen and oxygen atoms in total. The van der Waals surface area contributed by atoms with Crippen LogP contribution >= 0.6 is 0 Å². The van der Waals surface area contributed by atoms with Gasteiger partial charge in [0.2, 0.25) is 0 Å². The number of benzene rings is 1. The van der Waals surface area contributed by atoms with Crippen LogP contribution in [-0.4, -0.2) is 18.5 Å². The largest absolute Gasteiger partial charge is 0.455 e. The summed E-state index contributed by atoms with van der Waals surface area (Å²) in [6.07, 6.45) is 7.71. The van der Waals surface area contributed by atoms with Crippen molar-refractivity contribution in [1.82, 2.24) is 0 Å². The molecule has 0 radical (unpaired) electrons. The van der Waals surface area contributed by atoms with Gasteiger partial charge in [-0.3, -0.25) is 9.59 Å². The zero-order valence-electron chi connectivity index (χ0n) is 14.9. The molecule has 0 unspecified atom stereocenters. The van der Waals surface area contributed by atoms with Gasteiger partial charge in [-0.1, -0.05) is 19.1 Å². The SMILES string of the molecule is CCc1cccc(NC(=O)COC(=O)C23CC4CC(CC(C4)C2)C3)c1. The lowest BCUT2D eigenvalue weighted by molar-refractivity contribution is -0.172. The molecule has 4 saturated carbocycles. The number of amides is 1. The Morgan fingerprint density at radius 2 is 1.76 bits per heavy atom. The second-order valence-corrected chi connectivity index (χ2v) is 8.38. The van der Waals surface area contributed by atoms with Crippen molar-refractivity contribution >= 4 is 17.6 Å². The summed E-state index contributed by atoms with van der Waals surface area (Å²) in [6, 6.07) is 7.77. The highest BCUT2D eigenvalue weighted by molar-refractivity contribution is 5.93. The molecule has 4 aliphatic carbocycles. The van der Waals surface area contributed by atoms with Gasteiger partial charge in [-0.15, -0.1) is 0 Å². The molecule has 1 N–H and O–H groups in total. The molecule has 4 aliphatic rings. The van der Waals surface area contributed by atoms with Crippen LogP contribution in [0.3, 0.4) is 0 Å². The summed E-state index contributed by atoms with van der Waals surface area (Å²) >= 11 is 0. The highest BCUT2D eigenvalue weighted by atomic mass is 16.5. The average molecular weight is 341 g/mol. The number of carbonyl (C=O) groups is 2. The third kappa shape index (κ3) is 3.31. The van der Waals surface area contributed by atoms with Crippen molar-refractivity contribution in [3.05, 3.63) is 29.8 Å². The van der Waals surface area contributed by atoms with Gasteiger partial charge in [-0.2, -0.15) is 0 Å². The van der Waals surface area contributed by atoms with Crippen molar-refractivity contribution in [2.24, 2.45) is 23.2 Å². The summed E-state index contributed by atoms with van der Waals surface area (Å²) in [6.45, 7) is 1.89. The van der Waals surface area contributed by atoms with E-state index in [0.29, 0.717) is 17.8 Å². The monoisotopic (exact) mass is 341 g/mol. The number of esters is 1. The molecular formula is C21H27NO3. The zero-order chi connectivity index (χ0) is 17.4. The van der Waals surface area contributed by atoms with Crippen molar-refractivity contribution in [3.8, 4) is 0 Å². The quantitative estimate of drug-likeness (QED) is 0.825. The lowest BCUT2D eigenvalue weighted by Crippen LogP contribution is -2.50. The lowest BCUT2D eigenvalue weighted by atomic mass is 9.49. The first-order valence-corrected chi connectivity index (χ1v) is 9.62. The maximum Gasteiger partial charge on any atom is 0.312 e. The van der Waals surface area contributed by atoms with Crippen molar-refractivity contribution in [1.29, 1.82) is 0 Å². The molecule has 4 bridgehead atoms. The van der Waals surface area contributed by atoms with E-state index in [-0.39, 0.29) is 23.9 Å². The van der Waals surface area contributed by atoms with E-state index in [1.807, 2.05) is 24.3 Å². The predicted molar refractivity (Wildman–Crippen MR) is 96.0 cm³/mol. The Bertz CT molecular complexity index is 646. The Kier molecular flexibility index (Phi) is 4.30. The molecule has 134 valence electrons. The molecule has 4 heteroatoms. The number of carbonyl (C=O) groups excluding carboxylic acids is 2. The standard InChI is InChI=1S/C21H27NO3/c1-2-14-4-3-5-18(9-14)22-19(23)13-25-20(24)21-10-15-6-16(11-21)8-17(7-15)12-21/h3-5,9,15-17H,2,6-8,10-13H2,1H3,(H,22,23). The second kappa shape index (κ2) is 6.47. The Labute approximate surface area is 149 Å². The molecule has 5 rings (SSSR count). The molecule has 0 spiro atoms. The first kappa shape index (κ1) is 16.6. The smallest absolute Gasteiger partial charge is 0.312 e. The summed E-state index contributed by atoms with van der Waals surface area (Å²) in [5.41, 5.74) is 1.63. The molecule has 1 aromatic carbocycles. The minimum absolute atomic E-state index is 0.135. The van der Waals surface area contributed by atoms with Gasteiger partial charge in [0.15, 0.2) is 6.61 Å². The van der Waals surface area contributed by atoms with E-state index in [0.717, 1.165) is 31.4 Å². The lowest BCUT2D eigenvalue weighted by Gasteiger charge is -2.55. The van der Waals surface area contributed by atoms with Crippen LogP contribution < -0.4 is 5.32 Å². The van der Waals surface area contributed by atoms with Crippen molar-refractivity contribution in [2.45, 2.75) is 51.9 Å². The first-order chi connectivity index (χ1) is 12.1. The minimum atomic E-state index is -0.294. The Balaban J connectivity index is 1.33. The van der Waals surface area contributed by atoms with Gasteiger partial charge in [0, 0.05) is 5.69 Å². The van der Waals surface area contributed by atoms with E-state index in [1.165, 1.54) is 24.8 Å². The molecule has 25 heavy (non-hydrogen) atoms. The van der Waals surface area contributed by atoms with Crippen LogP contribution in [0.2, 0.25) is 0 Å². The molecule has 1 amide bonds. The summed E-state index contributed by atoms with van der Waals surface area (Å²) in [5.74, 6) is 1.70. The van der Waals surface area contributed by atoms with E-state index in [9.17, 15) is 9.59 Å². The summed E-state index contributed by atoms with van der Waals surface area (Å²) in [4.78, 5) is 24.9. The molecule has 1 aromatic rings. The summed E-state index contributed by atoms with van der Waals surface area (Å²) < 4.78 is 5.47. The van der Waals surface area contributed by atoms with E-state index in [1.54, 1.807) is 0 Å². The summed E-state index contributed by atoms with van der Waals surface area (Å²) in [5, 5.41) is 2.83. The molecule has 0 aromatic heterocycles. The zero-order valence-corrected chi connectivity index (χ0v) is 14.9. The highest BCUT2D eigenvalue weighted by Gasteiger charge is 2.55. The van der Waals surface area contributed by atoms with Crippen LogP contribution in [0.4, 0.5) is 5.69 Å². The van der Waals surface area contributed by atoms with Gasteiger partial charge in [-0.25, -0.2) is 0 Å². The number of rotatable bonds is 5. The van der Waals surface area contributed by atoms with E-state index in [2.05, 4.69) is 12.2 Å². The van der Waals surface area contributed by atoms with Gasteiger partial charge < -0.3 is 10.1 Å². The predicted octanol–water partition coefficient (Wildman–Crippen LogP) is 3.95. The van der Waals surface area contributed by atoms with Crippen molar-refractivity contribution < 1.29 is 14.3 Å². The molecule has 4 fully saturated rings. The van der Waals surface area contributed by atoms with Crippen LogP contribution in [0.25, 0.3) is 0 Å². The van der Waals surface area contributed by atoms with E-state index < -0.39 is 0 Å². The van der Waals surface area contributed by atoms with Crippen LogP contribution in [0.1, 0.15) is 51.0 Å². The molecule has 0 atom stereocenters. The van der Waals surface area contributed by atoms with E-state index in [4.69, 9.17) is 4.74 Å². The van der Waals surface area contributed by atoms with E-state index >= 15 is 0 Å². The minimum Gasteiger partial charge on any atom is -0.455 e. The van der Waals surface area contributed by atoms with Gasteiger partial charge in [0.05, 0.1) is 5.41 Å².